The van der Waals surface area contributed by atoms with Crippen molar-refractivity contribution in [3.63, 3.8) is 0 Å². The van der Waals surface area contributed by atoms with Gasteiger partial charge >= 0.3 is 0 Å². The molecule has 1 unspecified atom stereocenters. The van der Waals surface area contributed by atoms with Gasteiger partial charge in [-0.05, 0) is 57.6 Å². The van der Waals surface area contributed by atoms with E-state index in [9.17, 15) is 0 Å². The number of imidazole rings is 1. The van der Waals surface area contributed by atoms with E-state index >= 15 is 0 Å². The summed E-state index contributed by atoms with van der Waals surface area (Å²) in [4.78, 5) is 4.07. The highest BCUT2D eigenvalue weighted by Crippen LogP contribution is 2.21. The number of nitrogens with zero attached hydrogens (tertiary/aromatic N) is 2. The zero-order valence-electron chi connectivity index (χ0n) is 11.7. The Balaban J connectivity index is 1.63. The normalized spacial score (nSPS) is 12.5. The largest absolute Gasteiger partial charge is 0.306 e. The molecular weight excluding hydrogens is 346 g/mol. The monoisotopic (exact) mass is 361 g/mol. The highest BCUT2D eigenvalue weighted by atomic mass is 79.9. The summed E-state index contributed by atoms with van der Waals surface area (Å²) >= 11 is 5.21. The Morgan fingerprint density at radius 3 is 2.76 bits per heavy atom. The third kappa shape index (κ3) is 3.61. The fourth-order valence-corrected chi connectivity index (χ4v) is 3.38. The number of hydrogen-bond acceptors (Lipinski definition) is 3. The van der Waals surface area contributed by atoms with E-state index in [0.717, 1.165) is 12.2 Å². The van der Waals surface area contributed by atoms with E-state index in [-0.39, 0.29) is 0 Å². The molecule has 0 fully saturated rings. The fourth-order valence-electron chi connectivity index (χ4n) is 2.17. The van der Waals surface area contributed by atoms with Gasteiger partial charge in [-0.3, -0.25) is 0 Å². The van der Waals surface area contributed by atoms with Crippen molar-refractivity contribution in [3.05, 3.63) is 69.3 Å². The minimum absolute atomic E-state index is 0.320. The van der Waals surface area contributed by atoms with E-state index in [0.29, 0.717) is 6.04 Å². The molecule has 5 heteroatoms. The van der Waals surface area contributed by atoms with E-state index in [4.69, 9.17) is 0 Å². The summed E-state index contributed by atoms with van der Waals surface area (Å²) in [6.45, 7) is 3.07. The number of aromatic nitrogens is 2. The van der Waals surface area contributed by atoms with Crippen LogP contribution in [0.3, 0.4) is 0 Å². The summed E-state index contributed by atoms with van der Waals surface area (Å²) in [5.74, 6) is 0. The van der Waals surface area contributed by atoms with Crippen LogP contribution in [0.4, 0.5) is 0 Å². The molecule has 0 spiro atoms. The van der Waals surface area contributed by atoms with Gasteiger partial charge in [0, 0.05) is 30.7 Å². The van der Waals surface area contributed by atoms with Crippen LogP contribution in [-0.4, -0.2) is 9.55 Å². The van der Waals surface area contributed by atoms with Crippen molar-refractivity contribution in [1.29, 1.82) is 0 Å². The molecule has 2 heterocycles. The van der Waals surface area contributed by atoms with Crippen LogP contribution in [0.25, 0.3) is 5.69 Å². The first kappa shape index (κ1) is 14.5. The highest BCUT2D eigenvalue weighted by Gasteiger charge is 2.06. The third-order valence-corrected chi connectivity index (χ3v) is 4.98. The maximum absolute atomic E-state index is 4.07. The molecule has 2 aromatic heterocycles. The van der Waals surface area contributed by atoms with Gasteiger partial charge in [-0.25, -0.2) is 4.98 Å². The molecule has 0 saturated heterocycles. The van der Waals surface area contributed by atoms with Crippen LogP contribution in [0, 0.1) is 0 Å². The van der Waals surface area contributed by atoms with E-state index in [2.05, 4.69) is 68.9 Å². The minimum atomic E-state index is 0.320. The first-order chi connectivity index (χ1) is 10.2. The van der Waals surface area contributed by atoms with Crippen LogP contribution >= 0.6 is 27.3 Å². The summed E-state index contributed by atoms with van der Waals surface area (Å²) in [7, 11) is 0. The lowest BCUT2D eigenvalue weighted by molar-refractivity contribution is 0.575. The maximum atomic E-state index is 4.07. The third-order valence-electron chi connectivity index (χ3n) is 3.43. The minimum Gasteiger partial charge on any atom is -0.306 e. The number of thiophene rings is 1. The zero-order valence-corrected chi connectivity index (χ0v) is 14.1. The molecule has 0 aliphatic heterocycles. The lowest BCUT2D eigenvalue weighted by Crippen LogP contribution is -2.17. The molecule has 1 aromatic carbocycles. The zero-order chi connectivity index (χ0) is 14.7. The standard InChI is InChI=1S/C16H16BrN3S/c1-12(19-9-13-8-16(17)21-10-13)14-2-4-15(5-3-14)20-7-6-18-11-20/h2-8,10-12,19H,9H2,1H3. The second-order valence-electron chi connectivity index (χ2n) is 4.92. The Hall–Kier alpha value is -1.43. The molecule has 0 amide bonds. The van der Waals surface area contributed by atoms with E-state index in [1.54, 1.807) is 17.5 Å². The first-order valence-corrected chi connectivity index (χ1v) is 8.44. The van der Waals surface area contributed by atoms with Crippen molar-refractivity contribution in [2.75, 3.05) is 0 Å². The lowest BCUT2D eigenvalue weighted by Gasteiger charge is -2.14. The Morgan fingerprint density at radius 1 is 1.33 bits per heavy atom. The second-order valence-corrected chi connectivity index (χ2v) is 7.21. The first-order valence-electron chi connectivity index (χ1n) is 6.77. The average molecular weight is 362 g/mol. The molecule has 21 heavy (non-hydrogen) atoms. The molecule has 3 rings (SSSR count). The fraction of sp³-hybridized carbons (Fsp3) is 0.188. The highest BCUT2D eigenvalue weighted by molar-refractivity contribution is 9.11. The molecule has 0 bridgehead atoms. The van der Waals surface area contributed by atoms with Crippen molar-refractivity contribution < 1.29 is 0 Å². The number of halogens is 1. The van der Waals surface area contributed by atoms with E-state index in [1.807, 2.05) is 17.1 Å². The predicted molar refractivity (Wildman–Crippen MR) is 90.8 cm³/mol. The summed E-state index contributed by atoms with van der Waals surface area (Å²) in [5, 5.41) is 5.72. The summed E-state index contributed by atoms with van der Waals surface area (Å²) in [5.41, 5.74) is 3.73. The number of benzene rings is 1. The average Bonchev–Trinajstić information content (AvgIpc) is 3.16. The predicted octanol–water partition coefficient (Wildman–Crippen LogP) is 4.55. The quantitative estimate of drug-likeness (QED) is 0.722. The van der Waals surface area contributed by atoms with Gasteiger partial charge in [-0.2, -0.15) is 0 Å². The van der Waals surface area contributed by atoms with Gasteiger partial charge in [-0.1, -0.05) is 12.1 Å². The SMILES string of the molecule is CC(NCc1csc(Br)c1)c1ccc(-n2ccnc2)cc1. The van der Waals surface area contributed by atoms with Crippen molar-refractivity contribution in [3.8, 4) is 5.69 Å². The second kappa shape index (κ2) is 6.56. The van der Waals surface area contributed by atoms with Crippen molar-refractivity contribution >= 4 is 27.3 Å². The molecule has 108 valence electrons. The molecule has 0 aliphatic rings. The van der Waals surface area contributed by atoms with Gasteiger partial charge in [0.25, 0.3) is 0 Å². The van der Waals surface area contributed by atoms with Crippen LogP contribution in [0.5, 0.6) is 0 Å². The van der Waals surface area contributed by atoms with Crippen molar-refractivity contribution in [2.24, 2.45) is 0 Å². The summed E-state index contributed by atoms with van der Waals surface area (Å²) in [6, 6.07) is 11.0. The van der Waals surface area contributed by atoms with Crippen LogP contribution in [-0.2, 0) is 6.54 Å². The Morgan fingerprint density at radius 2 is 2.14 bits per heavy atom. The Labute approximate surface area is 136 Å². The Bertz CT molecular complexity index is 689. The molecule has 0 saturated carbocycles. The molecule has 3 aromatic rings. The van der Waals surface area contributed by atoms with Crippen molar-refractivity contribution in [2.45, 2.75) is 19.5 Å². The van der Waals surface area contributed by atoms with Gasteiger partial charge in [0.1, 0.15) is 0 Å². The van der Waals surface area contributed by atoms with E-state index in [1.165, 1.54) is 14.9 Å². The van der Waals surface area contributed by atoms with Crippen LogP contribution < -0.4 is 5.32 Å². The Kier molecular flexibility index (Phi) is 4.53. The summed E-state index contributed by atoms with van der Waals surface area (Å²) in [6.07, 6.45) is 5.55. The van der Waals surface area contributed by atoms with Gasteiger partial charge in [0.2, 0.25) is 0 Å². The number of nitrogens with one attached hydrogen (secondary N) is 1. The van der Waals surface area contributed by atoms with Crippen LogP contribution in [0.1, 0.15) is 24.1 Å². The van der Waals surface area contributed by atoms with Gasteiger partial charge in [0.15, 0.2) is 0 Å². The molecule has 1 N–H and O–H groups in total. The van der Waals surface area contributed by atoms with Gasteiger partial charge in [-0.15, -0.1) is 11.3 Å². The smallest absolute Gasteiger partial charge is 0.0991 e. The molecule has 0 radical (unpaired) electrons. The van der Waals surface area contributed by atoms with Crippen LogP contribution in [0.15, 0.2) is 58.2 Å². The van der Waals surface area contributed by atoms with Crippen LogP contribution in [0.2, 0.25) is 0 Å². The molecule has 3 nitrogen and oxygen atoms in total. The maximum Gasteiger partial charge on any atom is 0.0991 e. The molecule has 0 aliphatic carbocycles. The lowest BCUT2D eigenvalue weighted by atomic mass is 10.1. The molecular formula is C16H16BrN3S. The van der Waals surface area contributed by atoms with Gasteiger partial charge in [0.05, 0.1) is 10.1 Å². The number of rotatable bonds is 5. The van der Waals surface area contributed by atoms with E-state index < -0.39 is 0 Å². The molecule has 1 atom stereocenters. The van der Waals surface area contributed by atoms with Crippen molar-refractivity contribution in [1.82, 2.24) is 14.9 Å². The van der Waals surface area contributed by atoms with Gasteiger partial charge < -0.3 is 9.88 Å². The topological polar surface area (TPSA) is 29.9 Å². The number of hydrogen-bond donors (Lipinski definition) is 1. The summed E-state index contributed by atoms with van der Waals surface area (Å²) < 4.78 is 3.18.